The molecule has 2 N–H and O–H groups in total. The first-order valence-corrected chi connectivity index (χ1v) is 15.6. The molecule has 7 nitrogen and oxygen atoms in total. The van der Waals surface area contributed by atoms with Gasteiger partial charge in [-0.3, -0.25) is 19.4 Å². The molecule has 1 saturated heterocycles. The second kappa shape index (κ2) is 16.2. The molecule has 3 aromatic rings. The molecule has 0 radical (unpaired) electrons. The van der Waals surface area contributed by atoms with Crippen molar-refractivity contribution in [2.24, 2.45) is 5.92 Å². The number of likely N-dealkylation sites (N-methyl/N-ethyl adjacent to an activating group) is 1. The van der Waals surface area contributed by atoms with E-state index in [9.17, 15) is 9.59 Å². The molecule has 0 spiro atoms. The predicted molar refractivity (Wildman–Crippen MR) is 173 cm³/mol. The molecule has 0 unspecified atom stereocenters. The second-order valence-electron chi connectivity index (χ2n) is 12.3. The first-order chi connectivity index (χ1) is 20.8. The van der Waals surface area contributed by atoms with E-state index in [2.05, 4.69) is 53.6 Å². The van der Waals surface area contributed by atoms with Crippen LogP contribution in [0, 0.1) is 5.92 Å². The molecule has 230 valence electrons. The van der Waals surface area contributed by atoms with Crippen molar-refractivity contribution in [2.45, 2.75) is 70.8 Å². The van der Waals surface area contributed by atoms with Gasteiger partial charge in [0.25, 0.3) is 0 Å². The highest BCUT2D eigenvalue weighted by atomic mass is 16.5. The van der Waals surface area contributed by atoms with Gasteiger partial charge in [0.05, 0.1) is 6.04 Å². The van der Waals surface area contributed by atoms with Crippen LogP contribution in [0.25, 0.3) is 0 Å². The molecular weight excluding hydrogens is 536 g/mol. The monoisotopic (exact) mass is 584 g/mol. The Hall–Kier alpha value is -3.68. The minimum Gasteiger partial charge on any atom is -0.489 e. The van der Waals surface area contributed by atoms with Gasteiger partial charge in [-0.05, 0) is 68.1 Å². The van der Waals surface area contributed by atoms with Crippen LogP contribution in [0.3, 0.4) is 0 Å². The van der Waals surface area contributed by atoms with Crippen LogP contribution in [0.1, 0.15) is 49.8 Å². The number of carbonyl (C=O) groups is 2. The first-order valence-electron chi connectivity index (χ1n) is 15.6. The highest BCUT2D eigenvalue weighted by molar-refractivity contribution is 5.90. The molecule has 2 amide bonds. The fraction of sp³-hybridized carbons (Fsp3) is 0.444. The number of benzene rings is 3. The van der Waals surface area contributed by atoms with E-state index < -0.39 is 6.04 Å². The van der Waals surface area contributed by atoms with Gasteiger partial charge in [-0.1, -0.05) is 86.6 Å². The zero-order valence-electron chi connectivity index (χ0n) is 26.2. The van der Waals surface area contributed by atoms with Gasteiger partial charge in [-0.15, -0.1) is 0 Å². The van der Waals surface area contributed by atoms with Gasteiger partial charge in [0.1, 0.15) is 18.4 Å². The Balaban J connectivity index is 1.38. The number of ether oxygens (including phenoxy) is 1. The van der Waals surface area contributed by atoms with Gasteiger partial charge in [0, 0.05) is 32.1 Å². The molecule has 4 rings (SSSR count). The van der Waals surface area contributed by atoms with Gasteiger partial charge in [0.15, 0.2) is 0 Å². The van der Waals surface area contributed by atoms with Gasteiger partial charge >= 0.3 is 0 Å². The Morgan fingerprint density at radius 2 is 1.44 bits per heavy atom. The number of hydrogen-bond donors (Lipinski definition) is 2. The Morgan fingerprint density at radius 1 is 0.837 bits per heavy atom. The summed E-state index contributed by atoms with van der Waals surface area (Å²) in [4.78, 5) is 31.5. The summed E-state index contributed by atoms with van der Waals surface area (Å²) in [6.45, 7) is 7.50. The Morgan fingerprint density at radius 3 is 2.02 bits per heavy atom. The van der Waals surface area contributed by atoms with E-state index in [1.807, 2.05) is 79.7 Å². The fourth-order valence-electron chi connectivity index (χ4n) is 5.55. The summed E-state index contributed by atoms with van der Waals surface area (Å²) in [6.07, 6.45) is 2.91. The van der Waals surface area contributed by atoms with Crippen molar-refractivity contribution < 1.29 is 14.3 Å². The third-order valence-corrected chi connectivity index (χ3v) is 8.05. The maximum absolute atomic E-state index is 13.7. The summed E-state index contributed by atoms with van der Waals surface area (Å²) >= 11 is 0. The minimum atomic E-state index is -0.666. The van der Waals surface area contributed by atoms with E-state index in [4.69, 9.17) is 4.74 Å². The van der Waals surface area contributed by atoms with Crippen LogP contribution in [0.15, 0.2) is 84.9 Å². The van der Waals surface area contributed by atoms with Crippen LogP contribution in [-0.4, -0.2) is 66.9 Å². The molecule has 2 atom stereocenters. The topological polar surface area (TPSA) is 73.9 Å². The van der Waals surface area contributed by atoms with Crippen molar-refractivity contribution in [1.82, 2.24) is 20.4 Å². The van der Waals surface area contributed by atoms with Crippen molar-refractivity contribution in [3.8, 4) is 5.75 Å². The summed E-state index contributed by atoms with van der Waals surface area (Å²) in [5, 5.41) is 6.38. The number of hydrogen-bond acceptors (Lipinski definition) is 5. The Labute approximate surface area is 257 Å². The number of carbonyl (C=O) groups excluding carboxylic acids is 2. The van der Waals surface area contributed by atoms with Crippen molar-refractivity contribution in [1.29, 1.82) is 0 Å². The number of piperidine rings is 1. The standard InChI is InChI=1S/C36H48N4O3/c1-27(2)23-34(39(3)4)36(42)38-33(24-28-15-17-32(18-16-28)43-26-30-13-9-6-10-14-30)35(41)37-31-19-21-40(22-20-31)25-29-11-7-5-8-12-29/h5-18,27,31,33-34H,19-26H2,1-4H3,(H,37,41)(H,38,42)/t33-,34+/m0/s1. The molecule has 0 saturated carbocycles. The van der Waals surface area contributed by atoms with Gasteiger partial charge in [0.2, 0.25) is 11.8 Å². The van der Waals surface area contributed by atoms with Crippen LogP contribution >= 0.6 is 0 Å². The highest BCUT2D eigenvalue weighted by Crippen LogP contribution is 2.18. The molecule has 1 aliphatic heterocycles. The van der Waals surface area contributed by atoms with Gasteiger partial charge in [-0.25, -0.2) is 0 Å². The van der Waals surface area contributed by atoms with Crippen molar-refractivity contribution in [3.05, 3.63) is 102 Å². The average molecular weight is 585 g/mol. The third kappa shape index (κ3) is 10.5. The number of amides is 2. The molecule has 3 aromatic carbocycles. The van der Waals surface area contributed by atoms with E-state index >= 15 is 0 Å². The summed E-state index contributed by atoms with van der Waals surface area (Å²) in [6, 6.07) is 27.5. The summed E-state index contributed by atoms with van der Waals surface area (Å²) in [5.74, 6) is 0.889. The normalized spacial score (nSPS) is 15.7. The lowest BCUT2D eigenvalue weighted by molar-refractivity contribution is -0.132. The van der Waals surface area contributed by atoms with Crippen molar-refractivity contribution in [2.75, 3.05) is 27.2 Å². The quantitative estimate of drug-likeness (QED) is 0.278. The lowest BCUT2D eigenvalue weighted by Crippen LogP contribution is -2.56. The summed E-state index contributed by atoms with van der Waals surface area (Å²) < 4.78 is 5.95. The Kier molecular flexibility index (Phi) is 12.2. The van der Waals surface area contributed by atoms with E-state index in [1.54, 1.807) is 0 Å². The van der Waals surface area contributed by atoms with Crippen LogP contribution in [0.2, 0.25) is 0 Å². The lowest BCUT2D eigenvalue weighted by atomic mass is 9.99. The molecule has 7 heteroatoms. The molecular formula is C36H48N4O3. The van der Waals surface area contributed by atoms with Gasteiger partial charge in [-0.2, -0.15) is 0 Å². The van der Waals surface area contributed by atoms with E-state index in [0.717, 1.165) is 55.8 Å². The van der Waals surface area contributed by atoms with Crippen LogP contribution in [0.5, 0.6) is 5.75 Å². The first kappa shape index (κ1) is 32.2. The zero-order chi connectivity index (χ0) is 30.6. The van der Waals surface area contributed by atoms with E-state index in [0.29, 0.717) is 18.9 Å². The molecule has 0 aliphatic carbocycles. The molecule has 0 aromatic heterocycles. The number of nitrogens with zero attached hydrogens (tertiary/aromatic N) is 2. The van der Waals surface area contributed by atoms with E-state index in [1.165, 1.54) is 5.56 Å². The number of nitrogens with one attached hydrogen (secondary N) is 2. The van der Waals surface area contributed by atoms with Gasteiger partial charge < -0.3 is 15.4 Å². The van der Waals surface area contributed by atoms with Crippen molar-refractivity contribution >= 4 is 11.8 Å². The summed E-state index contributed by atoms with van der Waals surface area (Å²) in [5.41, 5.74) is 3.38. The molecule has 43 heavy (non-hydrogen) atoms. The maximum Gasteiger partial charge on any atom is 0.243 e. The van der Waals surface area contributed by atoms with Crippen molar-refractivity contribution in [3.63, 3.8) is 0 Å². The van der Waals surface area contributed by atoms with Crippen LogP contribution < -0.4 is 15.4 Å². The third-order valence-electron chi connectivity index (χ3n) is 8.05. The zero-order valence-corrected chi connectivity index (χ0v) is 26.2. The highest BCUT2D eigenvalue weighted by Gasteiger charge is 2.30. The summed E-state index contributed by atoms with van der Waals surface area (Å²) in [7, 11) is 3.83. The van der Waals surface area contributed by atoms with Crippen LogP contribution in [0.4, 0.5) is 0 Å². The molecule has 1 heterocycles. The molecule has 0 bridgehead atoms. The second-order valence-corrected chi connectivity index (χ2v) is 12.3. The smallest absolute Gasteiger partial charge is 0.243 e. The van der Waals surface area contributed by atoms with Crippen LogP contribution in [-0.2, 0) is 29.2 Å². The molecule has 1 fully saturated rings. The predicted octanol–water partition coefficient (Wildman–Crippen LogP) is 5.05. The number of likely N-dealkylation sites (tertiary alicyclic amines) is 1. The lowest BCUT2D eigenvalue weighted by Gasteiger charge is -2.33. The largest absolute Gasteiger partial charge is 0.489 e. The Bertz CT molecular complexity index is 1260. The maximum atomic E-state index is 13.7. The number of rotatable bonds is 14. The molecule has 1 aliphatic rings. The SMILES string of the molecule is CC(C)C[C@H](C(=O)N[C@@H](Cc1ccc(OCc2ccccc2)cc1)C(=O)NC1CCN(Cc2ccccc2)CC1)N(C)C. The fourth-order valence-corrected chi connectivity index (χ4v) is 5.55. The van der Waals surface area contributed by atoms with E-state index in [-0.39, 0.29) is 23.9 Å². The average Bonchev–Trinajstić information content (AvgIpc) is 3.01. The minimum absolute atomic E-state index is 0.0907.